The summed E-state index contributed by atoms with van der Waals surface area (Å²) in [6.07, 6.45) is 0.388. The lowest BCUT2D eigenvalue weighted by Gasteiger charge is -2.20. The van der Waals surface area contributed by atoms with Crippen molar-refractivity contribution in [2.75, 3.05) is 5.32 Å². The Kier molecular flexibility index (Phi) is 6.99. The zero-order chi connectivity index (χ0) is 18.4. The molecule has 0 aromatic heterocycles. The highest BCUT2D eigenvalue weighted by molar-refractivity contribution is 14.1. The Balaban J connectivity index is 2.22. The van der Waals surface area contributed by atoms with Crippen molar-refractivity contribution in [3.63, 3.8) is 0 Å². The van der Waals surface area contributed by atoms with Gasteiger partial charge in [0.1, 0.15) is 6.04 Å². The fourth-order valence-electron chi connectivity index (χ4n) is 2.51. The van der Waals surface area contributed by atoms with E-state index in [2.05, 4.69) is 33.2 Å². The zero-order valence-electron chi connectivity index (χ0n) is 14.7. The third kappa shape index (κ3) is 5.85. The Bertz CT molecular complexity index is 745. The number of benzene rings is 2. The van der Waals surface area contributed by atoms with Gasteiger partial charge in [-0.25, -0.2) is 0 Å². The minimum atomic E-state index is -0.717. The summed E-state index contributed by atoms with van der Waals surface area (Å²) in [6.45, 7) is 5.91. The van der Waals surface area contributed by atoms with Crippen LogP contribution in [0.25, 0.3) is 0 Å². The van der Waals surface area contributed by atoms with Crippen LogP contribution >= 0.6 is 22.6 Å². The van der Waals surface area contributed by atoms with Crippen LogP contribution in [0, 0.1) is 16.4 Å². The van der Waals surface area contributed by atoms with Crippen LogP contribution in [-0.2, 0) is 9.59 Å². The second kappa shape index (κ2) is 8.99. The number of rotatable bonds is 6. The standard InChI is InChI=1S/C20H23IN2O2/c1-13(2)11-18(24)23-19(15-7-5-4-6-8-15)20(25)22-17-10-9-16(21)12-14(17)3/h4-10,12-13,19H,11H2,1-3H3,(H,22,25)(H,23,24). The van der Waals surface area contributed by atoms with Crippen molar-refractivity contribution >= 4 is 40.1 Å². The Morgan fingerprint density at radius 3 is 2.36 bits per heavy atom. The van der Waals surface area contributed by atoms with Crippen molar-refractivity contribution in [1.29, 1.82) is 0 Å². The third-order valence-electron chi connectivity index (χ3n) is 3.74. The van der Waals surface area contributed by atoms with Gasteiger partial charge in [-0.3, -0.25) is 9.59 Å². The number of amides is 2. The average molecular weight is 450 g/mol. The highest BCUT2D eigenvalue weighted by Crippen LogP contribution is 2.21. The topological polar surface area (TPSA) is 58.2 Å². The second-order valence-corrected chi connectivity index (χ2v) is 7.70. The van der Waals surface area contributed by atoms with Crippen molar-refractivity contribution < 1.29 is 9.59 Å². The fraction of sp³-hybridized carbons (Fsp3) is 0.300. The fourth-order valence-corrected chi connectivity index (χ4v) is 3.16. The van der Waals surface area contributed by atoms with E-state index in [-0.39, 0.29) is 17.7 Å². The first-order valence-electron chi connectivity index (χ1n) is 8.28. The normalized spacial score (nSPS) is 11.9. The van der Waals surface area contributed by atoms with Gasteiger partial charge in [-0.2, -0.15) is 0 Å². The lowest BCUT2D eigenvalue weighted by Crippen LogP contribution is -2.37. The minimum Gasteiger partial charge on any atom is -0.341 e. The van der Waals surface area contributed by atoms with Gasteiger partial charge in [-0.1, -0.05) is 44.2 Å². The van der Waals surface area contributed by atoms with Crippen molar-refractivity contribution in [3.05, 3.63) is 63.2 Å². The van der Waals surface area contributed by atoms with Crippen molar-refractivity contribution in [1.82, 2.24) is 5.32 Å². The van der Waals surface area contributed by atoms with E-state index in [4.69, 9.17) is 0 Å². The first kappa shape index (κ1) is 19.4. The van der Waals surface area contributed by atoms with Crippen molar-refractivity contribution in [2.24, 2.45) is 5.92 Å². The van der Waals surface area contributed by atoms with E-state index in [1.165, 1.54) is 0 Å². The summed E-state index contributed by atoms with van der Waals surface area (Å²) >= 11 is 2.24. The molecule has 2 amide bonds. The summed E-state index contributed by atoms with van der Waals surface area (Å²) in [4.78, 5) is 25.1. The summed E-state index contributed by atoms with van der Waals surface area (Å²) in [6, 6.07) is 14.4. The predicted molar refractivity (Wildman–Crippen MR) is 109 cm³/mol. The second-order valence-electron chi connectivity index (χ2n) is 6.46. The molecule has 0 fully saturated rings. The van der Waals surface area contributed by atoms with Gasteiger partial charge in [0, 0.05) is 15.7 Å². The monoisotopic (exact) mass is 450 g/mol. The van der Waals surface area contributed by atoms with E-state index in [0.717, 1.165) is 20.4 Å². The molecule has 1 unspecified atom stereocenters. The first-order valence-corrected chi connectivity index (χ1v) is 9.36. The number of carbonyl (C=O) groups excluding carboxylic acids is 2. The summed E-state index contributed by atoms with van der Waals surface area (Å²) < 4.78 is 1.11. The molecule has 2 N–H and O–H groups in total. The maximum atomic E-state index is 12.8. The van der Waals surface area contributed by atoms with Crippen LogP contribution in [0.15, 0.2) is 48.5 Å². The van der Waals surface area contributed by atoms with Crippen LogP contribution in [-0.4, -0.2) is 11.8 Å². The van der Waals surface area contributed by atoms with E-state index in [1.54, 1.807) is 0 Å². The SMILES string of the molecule is Cc1cc(I)ccc1NC(=O)C(NC(=O)CC(C)C)c1ccccc1. The molecule has 132 valence electrons. The Morgan fingerprint density at radius 2 is 1.76 bits per heavy atom. The third-order valence-corrected chi connectivity index (χ3v) is 4.41. The van der Waals surface area contributed by atoms with Gasteiger partial charge in [0.05, 0.1) is 0 Å². The Labute approximate surface area is 162 Å². The van der Waals surface area contributed by atoms with Crippen LogP contribution in [0.3, 0.4) is 0 Å². The number of hydrogen-bond acceptors (Lipinski definition) is 2. The molecule has 0 radical (unpaired) electrons. The average Bonchev–Trinajstić information content (AvgIpc) is 2.55. The van der Waals surface area contributed by atoms with Gasteiger partial charge < -0.3 is 10.6 Å². The predicted octanol–water partition coefficient (Wildman–Crippen LogP) is 4.44. The van der Waals surface area contributed by atoms with E-state index in [0.29, 0.717) is 6.42 Å². The van der Waals surface area contributed by atoms with Gasteiger partial charge >= 0.3 is 0 Å². The number of nitrogens with one attached hydrogen (secondary N) is 2. The molecule has 0 bridgehead atoms. The van der Waals surface area contributed by atoms with Gasteiger partial charge in [-0.15, -0.1) is 0 Å². The van der Waals surface area contributed by atoms with Crippen molar-refractivity contribution in [2.45, 2.75) is 33.2 Å². The molecule has 2 rings (SSSR count). The zero-order valence-corrected chi connectivity index (χ0v) is 16.8. The summed E-state index contributed by atoms with van der Waals surface area (Å²) in [5.74, 6) is -0.135. The summed E-state index contributed by atoms with van der Waals surface area (Å²) in [5.41, 5.74) is 2.50. The number of hydrogen-bond donors (Lipinski definition) is 2. The molecule has 4 nitrogen and oxygen atoms in total. The summed E-state index contributed by atoms with van der Waals surface area (Å²) in [7, 11) is 0. The van der Waals surface area contributed by atoms with Crippen LogP contribution < -0.4 is 10.6 Å². The molecule has 0 saturated heterocycles. The van der Waals surface area contributed by atoms with Crippen LogP contribution in [0.4, 0.5) is 5.69 Å². The molecular weight excluding hydrogens is 427 g/mol. The number of halogens is 1. The molecule has 0 saturated carbocycles. The van der Waals surface area contributed by atoms with E-state index < -0.39 is 6.04 Å². The maximum absolute atomic E-state index is 12.8. The van der Waals surface area contributed by atoms with E-state index >= 15 is 0 Å². The molecule has 25 heavy (non-hydrogen) atoms. The highest BCUT2D eigenvalue weighted by atomic mass is 127. The number of anilines is 1. The van der Waals surface area contributed by atoms with Gasteiger partial charge in [-0.05, 0) is 64.8 Å². The molecule has 0 aliphatic carbocycles. The van der Waals surface area contributed by atoms with Gasteiger partial charge in [0.2, 0.25) is 5.91 Å². The van der Waals surface area contributed by atoms with E-state index in [9.17, 15) is 9.59 Å². The Hall–Kier alpha value is -1.89. The van der Waals surface area contributed by atoms with E-state index in [1.807, 2.05) is 69.3 Å². The van der Waals surface area contributed by atoms with Crippen LogP contribution in [0.1, 0.15) is 37.4 Å². The van der Waals surface area contributed by atoms with Crippen LogP contribution in [0.5, 0.6) is 0 Å². The molecule has 5 heteroatoms. The van der Waals surface area contributed by atoms with Crippen molar-refractivity contribution in [3.8, 4) is 0 Å². The van der Waals surface area contributed by atoms with Crippen LogP contribution in [0.2, 0.25) is 0 Å². The number of carbonyl (C=O) groups is 2. The smallest absolute Gasteiger partial charge is 0.251 e. The molecule has 1 atom stereocenters. The molecule has 2 aromatic rings. The lowest BCUT2D eigenvalue weighted by molar-refractivity contribution is -0.127. The molecular formula is C20H23IN2O2. The lowest BCUT2D eigenvalue weighted by atomic mass is 10.0. The largest absolute Gasteiger partial charge is 0.341 e. The minimum absolute atomic E-state index is 0.127. The van der Waals surface area contributed by atoms with Gasteiger partial charge in [0.15, 0.2) is 0 Å². The molecule has 0 aliphatic rings. The Morgan fingerprint density at radius 1 is 1.08 bits per heavy atom. The molecule has 2 aromatic carbocycles. The summed E-state index contributed by atoms with van der Waals surface area (Å²) in [5, 5.41) is 5.80. The molecule has 0 aliphatic heterocycles. The molecule has 0 heterocycles. The number of aryl methyl sites for hydroxylation is 1. The maximum Gasteiger partial charge on any atom is 0.251 e. The highest BCUT2D eigenvalue weighted by Gasteiger charge is 2.23. The van der Waals surface area contributed by atoms with Gasteiger partial charge in [0.25, 0.3) is 5.91 Å². The molecule has 0 spiro atoms. The quantitative estimate of drug-likeness (QED) is 0.640. The first-order chi connectivity index (χ1) is 11.9.